The number of ether oxygens (including phenoxy) is 3. The fourth-order valence-corrected chi connectivity index (χ4v) is 5.74. The van der Waals surface area contributed by atoms with Crippen molar-refractivity contribution in [1.82, 2.24) is 19.9 Å². The Morgan fingerprint density at radius 2 is 1.90 bits per heavy atom. The maximum Gasteiger partial charge on any atom is 0.296 e. The minimum atomic E-state index is -0.644. The summed E-state index contributed by atoms with van der Waals surface area (Å²) in [5, 5.41) is 10.4. The van der Waals surface area contributed by atoms with Crippen LogP contribution in [0.25, 0.3) is 22.4 Å². The number of nitrogens with two attached hydrogens (primary N) is 1. The van der Waals surface area contributed by atoms with E-state index in [1.165, 1.54) is 0 Å². The predicted molar refractivity (Wildman–Crippen MR) is 153 cm³/mol. The molecule has 0 bridgehead atoms. The summed E-state index contributed by atoms with van der Waals surface area (Å²) < 4.78 is 17.2. The number of carbonyl (C=O) groups is 1. The molecule has 1 aromatic carbocycles. The Labute approximate surface area is 243 Å². The van der Waals surface area contributed by atoms with E-state index >= 15 is 0 Å². The van der Waals surface area contributed by atoms with Gasteiger partial charge in [-0.2, -0.15) is 4.98 Å². The molecule has 3 aromatic rings. The number of nitrogens with zero attached hydrogens (tertiary/aromatic N) is 3. The lowest BCUT2D eigenvalue weighted by molar-refractivity contribution is -0.134. The number of imidazole rings is 1. The van der Waals surface area contributed by atoms with Crippen molar-refractivity contribution in [1.29, 1.82) is 0 Å². The van der Waals surface area contributed by atoms with Crippen LogP contribution >= 0.6 is 11.6 Å². The molecule has 216 valence electrons. The van der Waals surface area contributed by atoms with Crippen LogP contribution in [0.1, 0.15) is 32.3 Å². The normalized spacial score (nSPS) is 25.3. The van der Waals surface area contributed by atoms with Gasteiger partial charge in [-0.05, 0) is 37.0 Å². The van der Waals surface area contributed by atoms with E-state index in [2.05, 4.69) is 26.8 Å². The zero-order valence-electron chi connectivity index (χ0n) is 23.0. The molecule has 0 radical (unpaired) electrons. The highest BCUT2D eigenvalue weighted by Gasteiger charge is 2.48. The van der Waals surface area contributed by atoms with Crippen molar-refractivity contribution in [3.05, 3.63) is 40.9 Å². The van der Waals surface area contributed by atoms with Gasteiger partial charge < -0.3 is 34.9 Å². The molecule has 10 nitrogen and oxygen atoms in total. The zero-order chi connectivity index (χ0) is 28.7. The number of likely N-dealkylation sites (tertiary alicyclic amines) is 1. The van der Waals surface area contributed by atoms with Gasteiger partial charge >= 0.3 is 0 Å². The van der Waals surface area contributed by atoms with Crippen LogP contribution in [0.2, 0.25) is 5.02 Å². The van der Waals surface area contributed by atoms with Crippen molar-refractivity contribution < 1.29 is 24.1 Å². The summed E-state index contributed by atoms with van der Waals surface area (Å²) in [7, 11) is 0. The summed E-state index contributed by atoms with van der Waals surface area (Å²) in [6.45, 7) is 5.86. The lowest BCUT2D eigenvalue weighted by Crippen LogP contribution is -2.49. The summed E-state index contributed by atoms with van der Waals surface area (Å²) in [4.78, 5) is 26.7. The number of H-pyrrole nitrogens is 1. The Kier molecular flexibility index (Phi) is 7.90. The first kappa shape index (κ1) is 27.9. The van der Waals surface area contributed by atoms with Gasteiger partial charge in [0.05, 0.1) is 35.5 Å². The van der Waals surface area contributed by atoms with Crippen LogP contribution in [0, 0.1) is 23.7 Å². The molecular formula is C30H34ClN5O5. The number of nitrogens with one attached hydrogen (secondary N) is 1. The minimum Gasteiger partial charge on any atom is -0.456 e. The number of aromatic nitrogens is 3. The van der Waals surface area contributed by atoms with Gasteiger partial charge in [-0.3, -0.25) is 4.79 Å². The second-order valence-corrected chi connectivity index (χ2v) is 11.7. The van der Waals surface area contributed by atoms with Crippen molar-refractivity contribution in [3.63, 3.8) is 0 Å². The van der Waals surface area contributed by atoms with Crippen molar-refractivity contribution in [2.24, 2.45) is 17.6 Å². The molecule has 0 aliphatic carbocycles. The number of aliphatic hydroxyl groups excluding tert-OH is 1. The van der Waals surface area contributed by atoms with Crippen LogP contribution in [0.15, 0.2) is 30.3 Å². The molecule has 3 fully saturated rings. The molecule has 3 saturated heterocycles. The van der Waals surface area contributed by atoms with E-state index in [-0.39, 0.29) is 42.7 Å². The molecule has 0 spiro atoms. The molecule has 11 heteroatoms. The molecule has 2 aromatic heterocycles. The van der Waals surface area contributed by atoms with Crippen LogP contribution in [0.4, 0.5) is 0 Å². The van der Waals surface area contributed by atoms with Gasteiger partial charge in [0.25, 0.3) is 6.01 Å². The summed E-state index contributed by atoms with van der Waals surface area (Å²) in [6.07, 6.45) is -0.0404. The number of hydrogen-bond donors (Lipinski definition) is 3. The number of rotatable bonds is 5. The highest BCUT2D eigenvalue weighted by atomic mass is 35.5. The molecule has 5 heterocycles. The fourth-order valence-electron chi connectivity index (χ4n) is 5.48. The quantitative estimate of drug-likeness (QED) is 0.393. The first-order valence-electron chi connectivity index (χ1n) is 14.1. The Hall–Kier alpha value is -3.20. The largest absolute Gasteiger partial charge is 0.456 e. The van der Waals surface area contributed by atoms with E-state index < -0.39 is 12.1 Å². The van der Waals surface area contributed by atoms with Gasteiger partial charge in [-0.15, -0.1) is 0 Å². The van der Waals surface area contributed by atoms with E-state index in [1.54, 1.807) is 6.07 Å². The number of fused-ring (bicyclic) bond motifs is 2. The van der Waals surface area contributed by atoms with E-state index in [1.807, 2.05) is 43.0 Å². The van der Waals surface area contributed by atoms with Gasteiger partial charge in [-0.25, -0.2) is 4.98 Å². The van der Waals surface area contributed by atoms with Gasteiger partial charge in [-0.1, -0.05) is 49.4 Å². The van der Waals surface area contributed by atoms with Crippen molar-refractivity contribution in [2.45, 2.75) is 57.1 Å². The maximum absolute atomic E-state index is 12.5. The van der Waals surface area contributed by atoms with Gasteiger partial charge in [0.1, 0.15) is 18.3 Å². The van der Waals surface area contributed by atoms with Gasteiger partial charge in [0.15, 0.2) is 11.8 Å². The maximum atomic E-state index is 12.5. The first-order chi connectivity index (χ1) is 19.8. The number of aromatic amines is 1. The van der Waals surface area contributed by atoms with Crippen molar-refractivity contribution >= 4 is 28.7 Å². The Balaban J connectivity index is 1.09. The molecule has 0 saturated carbocycles. The first-order valence-corrected chi connectivity index (χ1v) is 14.4. The molecule has 3 aliphatic rings. The molecular weight excluding hydrogens is 546 g/mol. The fraction of sp³-hybridized carbons (Fsp3) is 0.500. The Morgan fingerprint density at radius 1 is 1.17 bits per heavy atom. The number of benzene rings is 1. The number of aliphatic hydroxyl groups is 1. The van der Waals surface area contributed by atoms with E-state index in [4.69, 9.17) is 31.5 Å². The zero-order valence-corrected chi connectivity index (χ0v) is 23.8. The van der Waals surface area contributed by atoms with Crippen LogP contribution in [-0.4, -0.2) is 87.6 Å². The van der Waals surface area contributed by atoms with Crippen molar-refractivity contribution in [2.75, 3.05) is 26.3 Å². The molecule has 1 amide bonds. The third kappa shape index (κ3) is 5.78. The van der Waals surface area contributed by atoms with Crippen LogP contribution in [0.3, 0.4) is 0 Å². The molecule has 3 aliphatic heterocycles. The average molecular weight is 580 g/mol. The number of hydrogen-bond acceptors (Lipinski definition) is 8. The number of halogens is 1. The standard InChI is InChI=1S/C30H34ClN5O5/c1-16(2)24(32)29(38)36-11-9-18(10-12-36)4-3-17-5-7-19(8-6-17)25-20(31)13-21-28(34-25)35-30(33-21)41-23-15-40-26-22(37)14-39-27(23)26/h5-8,13,16,18,22-24,26-27,37H,9-12,14-15,32H2,1-2H3,(H,33,34,35)/t22-,23-,24+,26-,27-/m1/s1. The molecule has 5 atom stereocenters. The van der Waals surface area contributed by atoms with E-state index in [9.17, 15) is 9.90 Å². The molecule has 6 rings (SSSR count). The monoisotopic (exact) mass is 579 g/mol. The highest BCUT2D eigenvalue weighted by Crippen LogP contribution is 2.32. The second kappa shape index (κ2) is 11.6. The summed E-state index contributed by atoms with van der Waals surface area (Å²) in [5.74, 6) is 7.06. The second-order valence-electron chi connectivity index (χ2n) is 11.3. The lowest BCUT2D eigenvalue weighted by atomic mass is 9.95. The lowest BCUT2D eigenvalue weighted by Gasteiger charge is -2.32. The third-order valence-electron chi connectivity index (χ3n) is 8.04. The van der Waals surface area contributed by atoms with Crippen molar-refractivity contribution in [3.8, 4) is 29.1 Å². The summed E-state index contributed by atoms with van der Waals surface area (Å²) >= 11 is 6.60. The molecule has 41 heavy (non-hydrogen) atoms. The SMILES string of the molecule is CC(C)[C@H](N)C(=O)N1CCC(C#Cc2ccc(-c3nc4nc(O[C@@H]5CO[C@H]6[C@@H]5OC[C@H]6O)[nH]c4cc3Cl)cc2)CC1. The number of carbonyl (C=O) groups excluding carboxylic acids is 1. The molecule has 4 N–H and O–H groups in total. The molecule has 0 unspecified atom stereocenters. The van der Waals surface area contributed by atoms with Crippen LogP contribution < -0.4 is 10.5 Å². The predicted octanol–water partition coefficient (Wildman–Crippen LogP) is 2.76. The summed E-state index contributed by atoms with van der Waals surface area (Å²) in [6, 6.07) is 9.43. The third-order valence-corrected chi connectivity index (χ3v) is 8.33. The smallest absolute Gasteiger partial charge is 0.296 e. The van der Waals surface area contributed by atoms with E-state index in [0.29, 0.717) is 47.6 Å². The van der Waals surface area contributed by atoms with Crippen LogP contribution in [-0.2, 0) is 14.3 Å². The van der Waals surface area contributed by atoms with Gasteiger partial charge in [0.2, 0.25) is 5.91 Å². The highest BCUT2D eigenvalue weighted by molar-refractivity contribution is 6.33. The summed E-state index contributed by atoms with van der Waals surface area (Å²) in [5.41, 5.74) is 9.53. The number of pyridine rings is 1. The van der Waals surface area contributed by atoms with E-state index in [0.717, 1.165) is 24.0 Å². The average Bonchev–Trinajstić information content (AvgIpc) is 3.67. The Bertz CT molecular complexity index is 1470. The minimum absolute atomic E-state index is 0.0343. The number of piperidine rings is 1. The van der Waals surface area contributed by atoms with Gasteiger partial charge in [0, 0.05) is 30.1 Å². The Morgan fingerprint density at radius 3 is 2.63 bits per heavy atom. The number of amides is 1. The van der Waals surface area contributed by atoms with Crippen LogP contribution in [0.5, 0.6) is 6.01 Å². The topological polar surface area (TPSA) is 136 Å².